The fourth-order valence-electron chi connectivity index (χ4n) is 2.20. The Kier molecular flexibility index (Phi) is 3.15. The molecule has 2 heterocycles. The van der Waals surface area contributed by atoms with Gasteiger partial charge in [-0.3, -0.25) is 4.79 Å². The first-order chi connectivity index (χ1) is 9.04. The van der Waals surface area contributed by atoms with Gasteiger partial charge in [0.1, 0.15) is 16.9 Å². The van der Waals surface area contributed by atoms with Crippen LogP contribution in [0.5, 0.6) is 0 Å². The van der Waals surface area contributed by atoms with Crippen LogP contribution in [0.1, 0.15) is 28.0 Å². The molecule has 0 spiro atoms. The molecule has 0 aliphatic carbocycles. The van der Waals surface area contributed by atoms with Gasteiger partial charge in [0.25, 0.3) is 0 Å². The Morgan fingerprint density at radius 2 is 2.21 bits per heavy atom. The van der Waals surface area contributed by atoms with Crippen molar-refractivity contribution in [3.8, 4) is 0 Å². The summed E-state index contributed by atoms with van der Waals surface area (Å²) in [5, 5.41) is 2.44. The number of furan rings is 1. The van der Waals surface area contributed by atoms with Crippen LogP contribution in [0.15, 0.2) is 33.2 Å². The normalized spacial score (nSPS) is 15.2. The third kappa shape index (κ3) is 2.30. The van der Waals surface area contributed by atoms with Crippen molar-refractivity contribution in [2.45, 2.75) is 18.7 Å². The highest BCUT2D eigenvalue weighted by atomic mass is 79.9. The van der Waals surface area contributed by atoms with Crippen molar-refractivity contribution >= 4 is 39.1 Å². The van der Waals surface area contributed by atoms with E-state index in [-0.39, 0.29) is 11.3 Å². The van der Waals surface area contributed by atoms with Gasteiger partial charge in [0.2, 0.25) is 5.91 Å². The fraction of sp³-hybridized carbons (Fsp3) is 0.214. The first-order valence-electron chi connectivity index (χ1n) is 5.87. The summed E-state index contributed by atoms with van der Waals surface area (Å²) in [6.07, 6.45) is 0.399. The number of fused-ring (bicyclic) bond motifs is 1. The van der Waals surface area contributed by atoms with E-state index in [4.69, 9.17) is 16.0 Å². The number of hydrogen-bond acceptors (Lipinski definition) is 2. The second kappa shape index (κ2) is 4.69. The maximum absolute atomic E-state index is 11.4. The summed E-state index contributed by atoms with van der Waals surface area (Å²) in [4.78, 5) is 11.4. The number of carbonyl (C=O) groups is 1. The molecule has 0 saturated carbocycles. The molecule has 1 N–H and O–H groups in total. The molecular weight excluding hydrogens is 330 g/mol. The van der Waals surface area contributed by atoms with Crippen LogP contribution >= 0.6 is 27.5 Å². The summed E-state index contributed by atoms with van der Waals surface area (Å²) in [6, 6.07) is 7.60. The average Bonchev–Trinajstić information content (AvgIpc) is 2.92. The number of hydrogen-bond donors (Lipinski definition) is 1. The van der Waals surface area contributed by atoms with Crippen LogP contribution in [-0.2, 0) is 11.2 Å². The number of benzene rings is 1. The lowest BCUT2D eigenvalue weighted by atomic mass is 10.0. The van der Waals surface area contributed by atoms with Gasteiger partial charge in [-0.25, -0.2) is 0 Å². The van der Waals surface area contributed by atoms with Crippen molar-refractivity contribution in [1.29, 1.82) is 0 Å². The molecule has 0 saturated heterocycles. The third-order valence-corrected chi connectivity index (χ3v) is 4.27. The minimum Gasteiger partial charge on any atom is -0.464 e. The summed E-state index contributed by atoms with van der Waals surface area (Å²) >= 11 is 9.96. The minimum atomic E-state index is -0.371. The number of aryl methyl sites for hydroxylation is 1. The van der Waals surface area contributed by atoms with Gasteiger partial charge in [-0.2, -0.15) is 0 Å². The van der Waals surface area contributed by atoms with Gasteiger partial charge in [0.15, 0.2) is 0 Å². The Morgan fingerprint density at radius 3 is 2.89 bits per heavy atom. The zero-order chi connectivity index (χ0) is 13.6. The van der Waals surface area contributed by atoms with Gasteiger partial charge in [-0.15, -0.1) is 11.6 Å². The van der Waals surface area contributed by atoms with E-state index in [0.29, 0.717) is 12.2 Å². The quantitative estimate of drug-likeness (QED) is 0.834. The van der Waals surface area contributed by atoms with Crippen molar-refractivity contribution in [1.82, 2.24) is 0 Å². The standard InChI is InChI=1S/C14H11BrClNO2/c1-7-2-3-12(19-7)14(16)9-4-8-5-13(18)17-11(8)6-10(9)15/h2-4,6,14H,5H2,1H3,(H,17,18). The molecule has 1 aromatic heterocycles. The number of rotatable bonds is 2. The largest absolute Gasteiger partial charge is 0.464 e. The zero-order valence-corrected chi connectivity index (χ0v) is 12.5. The Morgan fingerprint density at radius 1 is 1.42 bits per heavy atom. The van der Waals surface area contributed by atoms with Gasteiger partial charge in [-0.1, -0.05) is 22.0 Å². The summed E-state index contributed by atoms with van der Waals surface area (Å²) in [5.74, 6) is 1.55. The lowest BCUT2D eigenvalue weighted by Gasteiger charge is -2.11. The third-order valence-electron chi connectivity index (χ3n) is 3.13. The van der Waals surface area contributed by atoms with E-state index in [1.165, 1.54) is 0 Å². The number of anilines is 1. The van der Waals surface area contributed by atoms with Crippen LogP contribution in [0.3, 0.4) is 0 Å². The molecular formula is C14H11BrClNO2. The van der Waals surface area contributed by atoms with Gasteiger partial charge in [0.05, 0.1) is 6.42 Å². The molecule has 1 aromatic carbocycles. The van der Waals surface area contributed by atoms with Gasteiger partial charge in [0, 0.05) is 10.2 Å². The molecule has 5 heteroatoms. The first-order valence-corrected chi connectivity index (χ1v) is 7.10. The summed E-state index contributed by atoms with van der Waals surface area (Å²) in [5.41, 5.74) is 2.73. The maximum Gasteiger partial charge on any atom is 0.228 e. The SMILES string of the molecule is Cc1ccc(C(Cl)c2cc3c(cc2Br)NC(=O)C3)o1. The van der Waals surface area contributed by atoms with E-state index < -0.39 is 0 Å². The van der Waals surface area contributed by atoms with Crippen molar-refractivity contribution in [3.63, 3.8) is 0 Å². The van der Waals surface area contributed by atoms with Crippen molar-refractivity contribution in [3.05, 3.63) is 51.4 Å². The molecule has 1 aliphatic heterocycles. The minimum absolute atomic E-state index is 0.0130. The molecule has 0 radical (unpaired) electrons. The van der Waals surface area contributed by atoms with Crippen LogP contribution in [-0.4, -0.2) is 5.91 Å². The topological polar surface area (TPSA) is 42.2 Å². The smallest absolute Gasteiger partial charge is 0.228 e. The van der Waals surface area contributed by atoms with E-state index in [9.17, 15) is 4.79 Å². The molecule has 19 heavy (non-hydrogen) atoms. The van der Waals surface area contributed by atoms with Gasteiger partial charge in [-0.05, 0) is 36.2 Å². The Bertz CT molecular complexity index is 665. The molecule has 3 nitrogen and oxygen atoms in total. The lowest BCUT2D eigenvalue weighted by molar-refractivity contribution is -0.115. The molecule has 1 aliphatic rings. The second-order valence-corrected chi connectivity index (χ2v) is 5.86. The van der Waals surface area contributed by atoms with E-state index in [2.05, 4.69) is 21.2 Å². The summed E-state index contributed by atoms with van der Waals surface area (Å²) in [7, 11) is 0. The molecule has 2 aromatic rings. The Labute approximate surface area is 124 Å². The molecule has 0 bridgehead atoms. The predicted octanol–water partition coefficient (Wildman–Crippen LogP) is 4.17. The van der Waals surface area contributed by atoms with E-state index in [1.54, 1.807) is 0 Å². The number of halogens is 2. The van der Waals surface area contributed by atoms with Crippen molar-refractivity contribution in [2.75, 3.05) is 5.32 Å². The number of amides is 1. The predicted molar refractivity (Wildman–Crippen MR) is 77.6 cm³/mol. The second-order valence-electron chi connectivity index (χ2n) is 4.57. The van der Waals surface area contributed by atoms with E-state index in [0.717, 1.165) is 27.0 Å². The molecule has 1 unspecified atom stereocenters. The van der Waals surface area contributed by atoms with Crippen LogP contribution in [0.25, 0.3) is 0 Å². The Hall–Kier alpha value is -1.26. The van der Waals surface area contributed by atoms with Crippen LogP contribution in [0.4, 0.5) is 5.69 Å². The van der Waals surface area contributed by atoms with Crippen molar-refractivity contribution < 1.29 is 9.21 Å². The highest BCUT2D eigenvalue weighted by Crippen LogP contribution is 2.38. The average molecular weight is 341 g/mol. The number of alkyl halides is 1. The van der Waals surface area contributed by atoms with E-state index in [1.807, 2.05) is 31.2 Å². The van der Waals surface area contributed by atoms with Crippen molar-refractivity contribution in [2.24, 2.45) is 0 Å². The van der Waals surface area contributed by atoms with E-state index >= 15 is 0 Å². The summed E-state index contributed by atoms with van der Waals surface area (Å²) in [6.45, 7) is 1.88. The van der Waals surface area contributed by atoms with Crippen LogP contribution in [0.2, 0.25) is 0 Å². The van der Waals surface area contributed by atoms with Gasteiger partial charge >= 0.3 is 0 Å². The van der Waals surface area contributed by atoms with Gasteiger partial charge < -0.3 is 9.73 Å². The number of carbonyl (C=O) groups excluding carboxylic acids is 1. The van der Waals surface area contributed by atoms with Crippen LogP contribution < -0.4 is 5.32 Å². The molecule has 1 amide bonds. The summed E-state index contributed by atoms with van der Waals surface area (Å²) < 4.78 is 6.42. The fourth-order valence-corrected chi connectivity index (χ4v) is 3.21. The maximum atomic E-state index is 11.4. The molecule has 1 atom stereocenters. The Balaban J connectivity index is 2.02. The number of nitrogens with one attached hydrogen (secondary N) is 1. The van der Waals surface area contributed by atoms with Crippen LogP contribution in [0, 0.1) is 6.92 Å². The first kappa shape index (κ1) is 12.8. The highest BCUT2D eigenvalue weighted by molar-refractivity contribution is 9.10. The monoisotopic (exact) mass is 339 g/mol. The lowest BCUT2D eigenvalue weighted by Crippen LogP contribution is -2.03. The molecule has 3 rings (SSSR count). The zero-order valence-electron chi connectivity index (χ0n) is 10.2. The molecule has 0 fully saturated rings. The highest BCUT2D eigenvalue weighted by Gasteiger charge is 2.23. The molecule has 98 valence electrons.